The van der Waals surface area contributed by atoms with Gasteiger partial charge in [-0.3, -0.25) is 0 Å². The van der Waals surface area contributed by atoms with Gasteiger partial charge in [0, 0.05) is 17.7 Å². The van der Waals surface area contributed by atoms with Gasteiger partial charge in [0.15, 0.2) is 11.5 Å². The van der Waals surface area contributed by atoms with Crippen LogP contribution in [0.25, 0.3) is 0 Å². The molecule has 1 aliphatic rings. The van der Waals surface area contributed by atoms with Crippen molar-refractivity contribution in [3.63, 3.8) is 0 Å². The second-order valence-electron chi connectivity index (χ2n) is 4.62. The molecule has 2 heterocycles. The summed E-state index contributed by atoms with van der Waals surface area (Å²) in [6.07, 6.45) is 0. The van der Waals surface area contributed by atoms with Gasteiger partial charge in [0.05, 0.1) is 25.4 Å². The summed E-state index contributed by atoms with van der Waals surface area (Å²) in [5.74, 6) is 1.36. The van der Waals surface area contributed by atoms with Gasteiger partial charge in [-0.05, 0) is 13.0 Å². The number of fused-ring (bicyclic) bond motifs is 1. The Bertz CT molecular complexity index is 674. The van der Waals surface area contributed by atoms with E-state index < -0.39 is 0 Å². The summed E-state index contributed by atoms with van der Waals surface area (Å²) in [5, 5.41) is 3.90. The molecule has 0 spiro atoms. The lowest BCUT2D eigenvalue weighted by Crippen LogP contribution is -2.16. The third-order valence-electron chi connectivity index (χ3n) is 3.15. The first-order valence-corrected chi connectivity index (χ1v) is 8.30. The summed E-state index contributed by atoms with van der Waals surface area (Å²) >= 11 is 19.8. The lowest BCUT2D eigenvalue weighted by atomic mass is 10.1. The van der Waals surface area contributed by atoms with E-state index in [-0.39, 0.29) is 6.04 Å². The van der Waals surface area contributed by atoms with Gasteiger partial charge in [-0.2, -0.15) is 0 Å². The number of benzene rings is 1. The Morgan fingerprint density at radius 2 is 1.76 bits per heavy atom. The molecule has 0 amide bonds. The molecule has 3 rings (SSSR count). The molecule has 0 bridgehead atoms. The minimum absolute atomic E-state index is 0.0266. The van der Waals surface area contributed by atoms with E-state index in [4.69, 9.17) is 44.3 Å². The van der Waals surface area contributed by atoms with E-state index in [1.807, 2.05) is 19.1 Å². The second kappa shape index (κ2) is 6.13. The van der Waals surface area contributed by atoms with Crippen LogP contribution in [-0.4, -0.2) is 13.2 Å². The van der Waals surface area contributed by atoms with Crippen LogP contribution >= 0.6 is 46.1 Å². The van der Waals surface area contributed by atoms with Crippen LogP contribution in [0.4, 0.5) is 5.69 Å². The van der Waals surface area contributed by atoms with Crippen molar-refractivity contribution in [2.45, 2.75) is 13.0 Å². The third kappa shape index (κ3) is 3.19. The van der Waals surface area contributed by atoms with Gasteiger partial charge in [0.1, 0.15) is 13.2 Å². The molecule has 1 atom stereocenters. The molecule has 1 unspecified atom stereocenters. The predicted molar refractivity (Wildman–Crippen MR) is 88.8 cm³/mol. The molecule has 0 aliphatic carbocycles. The van der Waals surface area contributed by atoms with Crippen molar-refractivity contribution in [2.24, 2.45) is 0 Å². The van der Waals surface area contributed by atoms with Crippen LogP contribution in [-0.2, 0) is 0 Å². The average Bonchev–Trinajstić information content (AvgIpc) is 2.78. The SMILES string of the molecule is CC(Nc1cc2c(cc1Cl)OCCO2)c1cc(Cl)sc1Cl. The van der Waals surface area contributed by atoms with Gasteiger partial charge in [0.25, 0.3) is 0 Å². The Kier molecular flexibility index (Phi) is 4.41. The molecule has 1 aromatic heterocycles. The van der Waals surface area contributed by atoms with Crippen molar-refractivity contribution in [3.8, 4) is 11.5 Å². The molecule has 112 valence electrons. The Hall–Kier alpha value is -0.810. The fourth-order valence-corrected chi connectivity index (χ4v) is 3.99. The van der Waals surface area contributed by atoms with Crippen molar-refractivity contribution in [1.29, 1.82) is 0 Å². The molecule has 0 saturated heterocycles. The Morgan fingerprint density at radius 1 is 1.10 bits per heavy atom. The van der Waals surface area contributed by atoms with E-state index >= 15 is 0 Å². The maximum atomic E-state index is 6.28. The highest BCUT2D eigenvalue weighted by atomic mass is 35.5. The third-order valence-corrected chi connectivity index (χ3v) is 4.98. The fraction of sp³-hybridized carbons (Fsp3) is 0.286. The maximum Gasteiger partial charge on any atom is 0.163 e. The summed E-state index contributed by atoms with van der Waals surface area (Å²) in [5.41, 5.74) is 1.71. The number of anilines is 1. The number of thiophene rings is 1. The van der Waals surface area contributed by atoms with E-state index in [0.717, 1.165) is 11.3 Å². The molecular formula is C14H12Cl3NO2S. The van der Waals surface area contributed by atoms with Crippen LogP contribution < -0.4 is 14.8 Å². The molecule has 0 saturated carbocycles. The van der Waals surface area contributed by atoms with Gasteiger partial charge < -0.3 is 14.8 Å². The predicted octanol–water partition coefficient (Wildman–Crippen LogP) is 5.65. The average molecular weight is 365 g/mol. The zero-order chi connectivity index (χ0) is 15.0. The summed E-state index contributed by atoms with van der Waals surface area (Å²) < 4.78 is 12.4. The highest BCUT2D eigenvalue weighted by Crippen LogP contribution is 2.41. The molecule has 1 aromatic carbocycles. The zero-order valence-electron chi connectivity index (χ0n) is 11.1. The van der Waals surface area contributed by atoms with Gasteiger partial charge in [-0.15, -0.1) is 11.3 Å². The second-order valence-corrected chi connectivity index (χ2v) is 7.31. The van der Waals surface area contributed by atoms with Gasteiger partial charge in [-0.1, -0.05) is 34.8 Å². The van der Waals surface area contributed by atoms with E-state index in [2.05, 4.69) is 5.32 Å². The Morgan fingerprint density at radius 3 is 2.38 bits per heavy atom. The molecule has 7 heteroatoms. The van der Waals surface area contributed by atoms with Gasteiger partial charge in [0.2, 0.25) is 0 Å². The van der Waals surface area contributed by atoms with Crippen LogP contribution in [0, 0.1) is 0 Å². The molecule has 3 nitrogen and oxygen atoms in total. The molecule has 0 fully saturated rings. The minimum Gasteiger partial charge on any atom is -0.486 e. The van der Waals surface area contributed by atoms with Crippen LogP contribution in [0.5, 0.6) is 11.5 Å². The van der Waals surface area contributed by atoms with Crippen molar-refractivity contribution in [2.75, 3.05) is 18.5 Å². The maximum absolute atomic E-state index is 6.28. The smallest absolute Gasteiger partial charge is 0.163 e. The Balaban J connectivity index is 1.86. The monoisotopic (exact) mass is 363 g/mol. The van der Waals surface area contributed by atoms with Gasteiger partial charge in [-0.25, -0.2) is 0 Å². The molecule has 1 aliphatic heterocycles. The van der Waals surface area contributed by atoms with Crippen LogP contribution in [0.2, 0.25) is 13.7 Å². The number of nitrogens with one attached hydrogen (secondary N) is 1. The highest BCUT2D eigenvalue weighted by Gasteiger charge is 2.18. The molecule has 21 heavy (non-hydrogen) atoms. The quantitative estimate of drug-likeness (QED) is 0.763. The first-order chi connectivity index (χ1) is 10.0. The minimum atomic E-state index is -0.0266. The summed E-state index contributed by atoms with van der Waals surface area (Å²) in [4.78, 5) is 0. The van der Waals surface area contributed by atoms with Crippen molar-refractivity contribution >= 4 is 51.8 Å². The van der Waals surface area contributed by atoms with Gasteiger partial charge >= 0.3 is 0 Å². The first-order valence-electron chi connectivity index (χ1n) is 6.35. The number of hydrogen-bond donors (Lipinski definition) is 1. The van der Waals surface area contributed by atoms with Crippen molar-refractivity contribution < 1.29 is 9.47 Å². The molecule has 0 radical (unpaired) electrons. The summed E-state index contributed by atoms with van der Waals surface area (Å²) in [6.45, 7) is 3.07. The molecule has 1 N–H and O–H groups in total. The summed E-state index contributed by atoms with van der Waals surface area (Å²) in [6, 6.07) is 5.43. The highest BCUT2D eigenvalue weighted by molar-refractivity contribution is 7.20. The van der Waals surface area contributed by atoms with Crippen LogP contribution in [0.3, 0.4) is 0 Å². The molecule has 2 aromatic rings. The zero-order valence-corrected chi connectivity index (χ0v) is 14.2. The molecular weight excluding hydrogens is 353 g/mol. The number of ether oxygens (including phenoxy) is 2. The topological polar surface area (TPSA) is 30.5 Å². The van der Waals surface area contributed by atoms with E-state index in [0.29, 0.717) is 38.4 Å². The van der Waals surface area contributed by atoms with Crippen molar-refractivity contribution in [1.82, 2.24) is 0 Å². The number of hydrogen-bond acceptors (Lipinski definition) is 4. The van der Waals surface area contributed by atoms with Crippen LogP contribution in [0.1, 0.15) is 18.5 Å². The normalized spacial score (nSPS) is 14.9. The van der Waals surface area contributed by atoms with Crippen molar-refractivity contribution in [3.05, 3.63) is 37.5 Å². The van der Waals surface area contributed by atoms with E-state index in [9.17, 15) is 0 Å². The lowest BCUT2D eigenvalue weighted by Gasteiger charge is -2.22. The van der Waals surface area contributed by atoms with E-state index in [1.165, 1.54) is 11.3 Å². The summed E-state index contributed by atoms with van der Waals surface area (Å²) in [7, 11) is 0. The first kappa shape index (κ1) is 15.1. The Labute approximate surface area is 141 Å². The van der Waals surface area contributed by atoms with E-state index in [1.54, 1.807) is 6.07 Å². The standard InChI is InChI=1S/C14H12Cl3NO2S/c1-7(8-4-13(16)21-14(8)17)18-10-6-12-11(5-9(10)15)19-2-3-20-12/h4-7,18H,2-3H2,1H3. The lowest BCUT2D eigenvalue weighted by molar-refractivity contribution is 0.171. The van der Waals surface area contributed by atoms with Crippen LogP contribution in [0.15, 0.2) is 18.2 Å². The number of halogens is 3. The largest absolute Gasteiger partial charge is 0.486 e. The number of rotatable bonds is 3. The fourth-order valence-electron chi connectivity index (χ4n) is 2.13.